The highest BCUT2D eigenvalue weighted by molar-refractivity contribution is 5.36. The van der Waals surface area contributed by atoms with E-state index in [1.807, 2.05) is 0 Å². The van der Waals surface area contributed by atoms with Gasteiger partial charge in [-0.25, -0.2) is 4.98 Å². The first-order valence-corrected chi connectivity index (χ1v) is 10.3. The zero-order valence-corrected chi connectivity index (χ0v) is 16.2. The third kappa shape index (κ3) is 4.24. The summed E-state index contributed by atoms with van der Waals surface area (Å²) in [6, 6.07) is 12.0. The van der Waals surface area contributed by atoms with E-state index < -0.39 is 0 Å². The van der Waals surface area contributed by atoms with Gasteiger partial charge < -0.3 is 14.8 Å². The highest BCUT2D eigenvalue weighted by Gasteiger charge is 2.27. The fourth-order valence-corrected chi connectivity index (χ4v) is 4.66. The predicted molar refractivity (Wildman–Crippen MR) is 109 cm³/mol. The van der Waals surface area contributed by atoms with Gasteiger partial charge in [0.25, 0.3) is 5.56 Å². The molecule has 1 N–H and O–H groups in total. The quantitative estimate of drug-likeness (QED) is 0.904. The summed E-state index contributed by atoms with van der Waals surface area (Å²) in [7, 11) is 1.79. The van der Waals surface area contributed by atoms with Crippen LogP contribution < -0.4 is 15.8 Å². The number of nitrogens with zero attached hydrogens (tertiary/aromatic N) is 3. The topological polar surface area (TPSA) is 50.2 Å². The molecular weight excluding hydrogens is 336 g/mol. The number of hydrogen-bond acceptors (Lipinski definition) is 4. The summed E-state index contributed by atoms with van der Waals surface area (Å²) in [6.07, 6.45) is 10.7. The first kappa shape index (κ1) is 18.2. The second-order valence-electron chi connectivity index (χ2n) is 8.08. The number of aryl methyl sites for hydroxylation is 1. The lowest BCUT2D eigenvalue weighted by Gasteiger charge is -2.37. The minimum absolute atomic E-state index is 0.00141. The molecule has 0 amide bonds. The number of aromatic nitrogens is 2. The molecule has 0 unspecified atom stereocenters. The molecule has 2 aromatic rings. The molecule has 1 aliphatic carbocycles. The molecule has 1 saturated heterocycles. The number of piperidine rings is 1. The summed E-state index contributed by atoms with van der Waals surface area (Å²) in [5.41, 5.74) is 1.49. The maximum absolute atomic E-state index is 12.4. The Hall–Kier alpha value is -2.14. The largest absolute Gasteiger partial charge is 0.350 e. The van der Waals surface area contributed by atoms with Crippen LogP contribution in [0.5, 0.6) is 0 Å². The van der Waals surface area contributed by atoms with E-state index in [2.05, 4.69) is 45.5 Å². The van der Waals surface area contributed by atoms with Crippen LogP contribution >= 0.6 is 0 Å². The number of benzene rings is 1. The summed E-state index contributed by atoms with van der Waals surface area (Å²) in [5, 5.41) is 3.89. The van der Waals surface area contributed by atoms with Crippen molar-refractivity contribution in [2.45, 2.75) is 56.5 Å². The summed E-state index contributed by atoms with van der Waals surface area (Å²) >= 11 is 0. The zero-order chi connectivity index (χ0) is 18.6. The first-order valence-electron chi connectivity index (χ1n) is 10.3. The van der Waals surface area contributed by atoms with Crippen molar-refractivity contribution in [3.05, 3.63) is 58.6 Å². The van der Waals surface area contributed by atoms with E-state index in [1.165, 1.54) is 37.7 Å². The molecule has 1 saturated carbocycles. The SMILES string of the molecule is Cn1ccnc(N2CCC[C@H](NC3CCC(c4ccccc4)CC3)C2)c1=O. The van der Waals surface area contributed by atoms with Gasteiger partial charge in [0.2, 0.25) is 0 Å². The van der Waals surface area contributed by atoms with Gasteiger partial charge in [-0.1, -0.05) is 30.3 Å². The van der Waals surface area contributed by atoms with Crippen molar-refractivity contribution in [2.24, 2.45) is 7.05 Å². The Morgan fingerprint density at radius 3 is 2.59 bits per heavy atom. The van der Waals surface area contributed by atoms with Gasteiger partial charge in [-0.15, -0.1) is 0 Å². The number of rotatable bonds is 4. The van der Waals surface area contributed by atoms with E-state index >= 15 is 0 Å². The number of nitrogens with one attached hydrogen (secondary N) is 1. The van der Waals surface area contributed by atoms with E-state index in [-0.39, 0.29) is 5.56 Å². The molecule has 1 aromatic heterocycles. The Balaban J connectivity index is 1.32. The molecule has 1 aliphatic heterocycles. The van der Waals surface area contributed by atoms with Crippen molar-refractivity contribution < 1.29 is 0 Å². The van der Waals surface area contributed by atoms with E-state index in [9.17, 15) is 4.79 Å². The minimum Gasteiger partial charge on any atom is -0.350 e. The van der Waals surface area contributed by atoms with Crippen molar-refractivity contribution in [1.29, 1.82) is 0 Å². The van der Waals surface area contributed by atoms with Crippen LogP contribution in [0.3, 0.4) is 0 Å². The van der Waals surface area contributed by atoms with Gasteiger partial charge in [0.15, 0.2) is 5.82 Å². The van der Waals surface area contributed by atoms with Gasteiger partial charge in [-0.2, -0.15) is 0 Å². The van der Waals surface area contributed by atoms with Crippen molar-refractivity contribution in [3.8, 4) is 0 Å². The van der Waals surface area contributed by atoms with E-state index in [4.69, 9.17) is 0 Å². The van der Waals surface area contributed by atoms with Crippen LogP contribution in [0.4, 0.5) is 5.82 Å². The van der Waals surface area contributed by atoms with Crippen LogP contribution in [-0.4, -0.2) is 34.7 Å². The van der Waals surface area contributed by atoms with E-state index in [1.54, 1.807) is 24.0 Å². The molecule has 144 valence electrons. The molecule has 0 bridgehead atoms. The summed E-state index contributed by atoms with van der Waals surface area (Å²) in [6.45, 7) is 1.80. The second-order valence-corrected chi connectivity index (χ2v) is 8.08. The van der Waals surface area contributed by atoms with Gasteiger partial charge in [0.1, 0.15) is 0 Å². The van der Waals surface area contributed by atoms with Crippen LogP contribution in [0, 0.1) is 0 Å². The van der Waals surface area contributed by atoms with Crippen LogP contribution in [0.1, 0.15) is 50.0 Å². The lowest BCUT2D eigenvalue weighted by molar-refractivity contribution is 0.295. The van der Waals surface area contributed by atoms with Crippen molar-refractivity contribution in [2.75, 3.05) is 18.0 Å². The second kappa shape index (κ2) is 8.26. The number of anilines is 1. The summed E-state index contributed by atoms with van der Waals surface area (Å²) in [5.74, 6) is 1.31. The third-order valence-electron chi connectivity index (χ3n) is 6.19. The molecule has 4 rings (SSSR count). The molecule has 0 radical (unpaired) electrons. The molecule has 5 nitrogen and oxygen atoms in total. The van der Waals surface area contributed by atoms with Gasteiger partial charge >= 0.3 is 0 Å². The maximum atomic E-state index is 12.4. The molecule has 2 aliphatic rings. The molecule has 1 aromatic carbocycles. The Bertz CT molecular complexity index is 795. The molecular formula is C22H30N4O. The van der Waals surface area contributed by atoms with Crippen molar-refractivity contribution in [1.82, 2.24) is 14.9 Å². The molecule has 2 fully saturated rings. The fraction of sp³-hybridized carbons (Fsp3) is 0.545. The maximum Gasteiger partial charge on any atom is 0.293 e. The predicted octanol–water partition coefficient (Wildman–Crippen LogP) is 3.07. The Labute approximate surface area is 161 Å². The van der Waals surface area contributed by atoms with Crippen LogP contribution in [0.25, 0.3) is 0 Å². The lowest BCUT2D eigenvalue weighted by atomic mass is 9.81. The standard InChI is InChI=1S/C22H30N4O/c1-25-15-13-23-21(22(25)27)26-14-5-8-20(16-26)24-19-11-9-18(10-12-19)17-6-3-2-4-7-17/h2-4,6-7,13,15,18-20,24H,5,8-12,14,16H2,1H3/t18?,19?,20-/m0/s1. The highest BCUT2D eigenvalue weighted by Crippen LogP contribution is 2.33. The van der Waals surface area contributed by atoms with Crippen LogP contribution in [-0.2, 0) is 7.05 Å². The first-order chi connectivity index (χ1) is 13.2. The zero-order valence-electron chi connectivity index (χ0n) is 16.2. The van der Waals surface area contributed by atoms with Gasteiger partial charge in [-0.3, -0.25) is 4.79 Å². The smallest absolute Gasteiger partial charge is 0.293 e. The van der Waals surface area contributed by atoms with Crippen LogP contribution in [0.15, 0.2) is 47.5 Å². The van der Waals surface area contributed by atoms with E-state index in [0.29, 0.717) is 23.8 Å². The highest BCUT2D eigenvalue weighted by atomic mass is 16.1. The molecule has 0 spiro atoms. The Kier molecular flexibility index (Phi) is 5.58. The molecule has 27 heavy (non-hydrogen) atoms. The van der Waals surface area contributed by atoms with Crippen molar-refractivity contribution in [3.63, 3.8) is 0 Å². The Morgan fingerprint density at radius 2 is 1.81 bits per heavy atom. The van der Waals surface area contributed by atoms with E-state index in [0.717, 1.165) is 19.5 Å². The van der Waals surface area contributed by atoms with Gasteiger partial charge in [0.05, 0.1) is 0 Å². The average Bonchev–Trinajstić information content (AvgIpc) is 2.71. The fourth-order valence-electron chi connectivity index (χ4n) is 4.66. The van der Waals surface area contributed by atoms with Crippen molar-refractivity contribution >= 4 is 5.82 Å². The molecule has 1 atom stereocenters. The van der Waals surface area contributed by atoms with Crippen LogP contribution in [0.2, 0.25) is 0 Å². The summed E-state index contributed by atoms with van der Waals surface area (Å²) < 4.78 is 1.62. The average molecular weight is 367 g/mol. The Morgan fingerprint density at radius 1 is 1.04 bits per heavy atom. The molecule has 5 heteroatoms. The van der Waals surface area contributed by atoms with Gasteiger partial charge in [-0.05, 0) is 50.0 Å². The third-order valence-corrected chi connectivity index (χ3v) is 6.19. The number of hydrogen-bond donors (Lipinski definition) is 1. The normalized spacial score (nSPS) is 26.1. The monoisotopic (exact) mass is 366 g/mol. The van der Waals surface area contributed by atoms with Gasteiger partial charge in [0, 0.05) is 44.6 Å². The lowest BCUT2D eigenvalue weighted by Crippen LogP contribution is -2.51. The minimum atomic E-state index is 0.00141. The summed E-state index contributed by atoms with van der Waals surface area (Å²) in [4.78, 5) is 18.9. The molecule has 2 heterocycles.